The first kappa shape index (κ1) is 30.5. The summed E-state index contributed by atoms with van der Waals surface area (Å²) in [6, 6.07) is 10.6. The Morgan fingerprint density at radius 3 is 2.66 bits per heavy atom. The summed E-state index contributed by atoms with van der Waals surface area (Å²) >= 11 is 7.12. The van der Waals surface area contributed by atoms with Gasteiger partial charge in [-0.25, -0.2) is 4.98 Å². The first-order valence-electron chi connectivity index (χ1n) is 13.3. The van der Waals surface area contributed by atoms with Crippen molar-refractivity contribution in [2.45, 2.75) is 61.1 Å². The van der Waals surface area contributed by atoms with Crippen LogP contribution in [0.25, 0.3) is 0 Å². The molecule has 2 heterocycles. The maximum atomic E-state index is 13.6. The van der Waals surface area contributed by atoms with E-state index < -0.39 is 23.2 Å². The van der Waals surface area contributed by atoms with Gasteiger partial charge in [0.15, 0.2) is 0 Å². The number of benzene rings is 2. The summed E-state index contributed by atoms with van der Waals surface area (Å²) in [7, 11) is 0. The molecule has 0 aliphatic carbocycles. The quantitative estimate of drug-likeness (QED) is 0.182. The van der Waals surface area contributed by atoms with Crippen LogP contribution in [0.5, 0.6) is 5.88 Å². The average Bonchev–Trinajstić information content (AvgIpc) is 2.94. The highest BCUT2D eigenvalue weighted by molar-refractivity contribution is 7.99. The zero-order valence-electron chi connectivity index (χ0n) is 22.3. The van der Waals surface area contributed by atoms with Gasteiger partial charge in [0.2, 0.25) is 17.7 Å². The van der Waals surface area contributed by atoms with Crippen LogP contribution in [-0.4, -0.2) is 29.0 Å². The van der Waals surface area contributed by atoms with Gasteiger partial charge in [0.25, 0.3) is 0 Å². The second-order valence-electron chi connectivity index (χ2n) is 9.81. The molecular formula is C30H30ClF3N4O2S. The molecule has 1 saturated heterocycles. The van der Waals surface area contributed by atoms with Crippen LogP contribution in [0.15, 0.2) is 58.5 Å². The molecule has 1 aliphatic rings. The first-order valence-corrected chi connectivity index (χ1v) is 14.4. The van der Waals surface area contributed by atoms with Crippen molar-refractivity contribution in [2.75, 3.05) is 18.0 Å². The molecule has 0 bridgehead atoms. The summed E-state index contributed by atoms with van der Waals surface area (Å²) < 4.78 is 47.0. The van der Waals surface area contributed by atoms with E-state index in [1.807, 2.05) is 6.07 Å². The molecule has 0 spiro atoms. The van der Waals surface area contributed by atoms with E-state index in [2.05, 4.69) is 20.8 Å². The first-order chi connectivity index (χ1) is 19.6. The van der Waals surface area contributed by atoms with Crippen LogP contribution in [0.2, 0.25) is 5.02 Å². The number of aromatic nitrogens is 2. The van der Waals surface area contributed by atoms with Gasteiger partial charge < -0.3 is 15.4 Å². The molecule has 0 saturated carbocycles. The monoisotopic (exact) mass is 602 g/mol. The van der Waals surface area contributed by atoms with Crippen LogP contribution in [0.1, 0.15) is 60.0 Å². The van der Waals surface area contributed by atoms with Crippen LogP contribution in [0.3, 0.4) is 0 Å². The topological polar surface area (TPSA) is 81.3 Å². The molecule has 3 aromatic rings. The van der Waals surface area contributed by atoms with Crippen molar-refractivity contribution >= 4 is 35.2 Å². The molecular weight excluding hydrogens is 573 g/mol. The molecule has 1 aliphatic heterocycles. The molecule has 2 N–H and O–H groups in total. The fourth-order valence-corrected chi connectivity index (χ4v) is 5.77. The number of ether oxygens (including phenoxy) is 1. The Morgan fingerprint density at radius 1 is 1.20 bits per heavy atom. The third-order valence-electron chi connectivity index (χ3n) is 6.84. The number of nitrogens with two attached hydrogens (primary N) is 1. The zero-order chi connectivity index (χ0) is 29.4. The van der Waals surface area contributed by atoms with Gasteiger partial charge in [0.05, 0.1) is 22.2 Å². The number of nitrogens with zero attached hydrogens (tertiary/aromatic N) is 3. The summed E-state index contributed by atoms with van der Waals surface area (Å²) in [5.41, 5.74) is 4.29. The highest BCUT2D eigenvalue weighted by Crippen LogP contribution is 2.39. The van der Waals surface area contributed by atoms with Crippen molar-refractivity contribution in [1.82, 2.24) is 9.97 Å². The highest BCUT2D eigenvalue weighted by Gasteiger charge is 2.35. The lowest BCUT2D eigenvalue weighted by Gasteiger charge is -2.32. The van der Waals surface area contributed by atoms with Crippen LogP contribution in [0, 0.1) is 18.3 Å². The minimum Gasteiger partial charge on any atom is -0.472 e. The standard InChI is InChI=1S/C30H30ClF3N4O2S/c1-2-3-4-5-7-20-12-14-38(15-13-20)29-36-18-26(28(37-29)40-19-21-8-6-9-22(31)16-21)41-23-10-11-24(27(35)39)25(17-23)30(32,33)34/h1,6,8-11,16-18,20H,3-5,7,12-15,19H2,(H2,35,39). The summed E-state index contributed by atoms with van der Waals surface area (Å²) in [4.78, 5) is 23.5. The number of unbranched alkanes of at least 4 members (excludes halogenated alkanes) is 2. The summed E-state index contributed by atoms with van der Waals surface area (Å²) in [6.45, 7) is 1.74. The molecule has 1 aromatic heterocycles. The minimum absolute atomic E-state index is 0.152. The van der Waals surface area contributed by atoms with Crippen molar-refractivity contribution in [3.05, 3.63) is 70.4 Å². The Kier molecular flexibility index (Phi) is 10.4. The van der Waals surface area contributed by atoms with E-state index in [0.29, 0.717) is 21.8 Å². The molecule has 0 unspecified atom stereocenters. The van der Waals surface area contributed by atoms with Crippen molar-refractivity contribution in [2.24, 2.45) is 11.7 Å². The number of rotatable bonds is 11. The Labute approximate surface area is 246 Å². The number of carbonyl (C=O) groups excluding carboxylic acids is 1. The highest BCUT2D eigenvalue weighted by atomic mass is 35.5. The molecule has 41 heavy (non-hydrogen) atoms. The number of primary amides is 1. The summed E-state index contributed by atoms with van der Waals surface area (Å²) in [6.07, 6.45) is 8.30. The van der Waals surface area contributed by atoms with E-state index in [4.69, 9.17) is 28.5 Å². The summed E-state index contributed by atoms with van der Waals surface area (Å²) in [5.74, 6) is 2.90. The van der Waals surface area contributed by atoms with Gasteiger partial charge in [-0.15, -0.1) is 12.3 Å². The van der Waals surface area contributed by atoms with Gasteiger partial charge in [-0.2, -0.15) is 18.2 Å². The fourth-order valence-electron chi connectivity index (χ4n) is 4.70. The lowest BCUT2D eigenvalue weighted by atomic mass is 9.91. The maximum Gasteiger partial charge on any atom is 0.417 e. The molecule has 11 heteroatoms. The zero-order valence-corrected chi connectivity index (χ0v) is 23.9. The van der Waals surface area contributed by atoms with Gasteiger partial charge in [-0.05, 0) is 61.1 Å². The predicted molar refractivity (Wildman–Crippen MR) is 154 cm³/mol. The molecule has 216 valence electrons. The molecule has 1 amide bonds. The number of terminal acetylenes is 1. The third kappa shape index (κ3) is 8.54. The van der Waals surface area contributed by atoms with E-state index >= 15 is 0 Å². The van der Waals surface area contributed by atoms with Crippen molar-refractivity contribution in [1.29, 1.82) is 0 Å². The molecule has 0 radical (unpaired) electrons. The fraction of sp³-hybridized carbons (Fsp3) is 0.367. The van der Waals surface area contributed by atoms with Crippen LogP contribution < -0.4 is 15.4 Å². The van der Waals surface area contributed by atoms with Crippen molar-refractivity contribution in [3.63, 3.8) is 0 Å². The summed E-state index contributed by atoms with van der Waals surface area (Å²) in [5, 5.41) is 0.556. The maximum absolute atomic E-state index is 13.6. The minimum atomic E-state index is -4.75. The molecule has 1 fully saturated rings. The van der Waals surface area contributed by atoms with Crippen molar-refractivity contribution in [3.8, 4) is 18.2 Å². The number of halogens is 4. The van der Waals surface area contributed by atoms with Crippen LogP contribution >= 0.6 is 23.4 Å². The van der Waals surface area contributed by atoms with Crippen molar-refractivity contribution < 1.29 is 22.7 Å². The molecule has 2 aromatic carbocycles. The molecule has 4 rings (SSSR count). The number of alkyl halides is 3. The van der Waals surface area contributed by atoms with Gasteiger partial charge in [-0.1, -0.05) is 48.3 Å². The SMILES string of the molecule is C#CCCCCC1CCN(c2ncc(Sc3ccc(C(N)=O)c(C(F)(F)F)c3)c(OCc3cccc(Cl)c3)n2)CC1. The molecule has 0 atom stereocenters. The number of hydrogen-bond acceptors (Lipinski definition) is 6. The van der Waals surface area contributed by atoms with E-state index in [1.54, 1.807) is 24.4 Å². The normalized spacial score (nSPS) is 14.1. The Bertz CT molecular complexity index is 1410. The number of amides is 1. The van der Waals surface area contributed by atoms with E-state index in [0.717, 1.165) is 81.1 Å². The Balaban J connectivity index is 1.55. The van der Waals surface area contributed by atoms with Gasteiger partial charge in [0.1, 0.15) is 6.61 Å². The second kappa shape index (κ2) is 14.0. The van der Waals surface area contributed by atoms with E-state index in [-0.39, 0.29) is 17.4 Å². The lowest BCUT2D eigenvalue weighted by molar-refractivity contribution is -0.138. The van der Waals surface area contributed by atoms with E-state index in [1.165, 1.54) is 6.07 Å². The largest absolute Gasteiger partial charge is 0.472 e. The van der Waals surface area contributed by atoms with Gasteiger partial charge >= 0.3 is 6.18 Å². The number of carbonyl (C=O) groups is 1. The van der Waals surface area contributed by atoms with Crippen LogP contribution in [0.4, 0.5) is 19.1 Å². The third-order valence-corrected chi connectivity index (χ3v) is 8.07. The second-order valence-corrected chi connectivity index (χ2v) is 11.4. The number of hydrogen-bond donors (Lipinski definition) is 1. The van der Waals surface area contributed by atoms with Gasteiger partial charge in [0, 0.05) is 29.4 Å². The molecule has 6 nitrogen and oxygen atoms in total. The predicted octanol–water partition coefficient (Wildman–Crippen LogP) is 7.39. The van der Waals surface area contributed by atoms with E-state index in [9.17, 15) is 18.0 Å². The van der Waals surface area contributed by atoms with Crippen LogP contribution in [-0.2, 0) is 12.8 Å². The number of piperidine rings is 1. The smallest absolute Gasteiger partial charge is 0.417 e. The average molecular weight is 603 g/mol. The lowest BCUT2D eigenvalue weighted by Crippen LogP contribution is -2.34. The Morgan fingerprint density at radius 2 is 1.98 bits per heavy atom. The number of anilines is 1. The van der Waals surface area contributed by atoms with Gasteiger partial charge in [-0.3, -0.25) is 4.79 Å². The Hall–Kier alpha value is -3.42.